The number of halogens is 9. The van der Waals surface area contributed by atoms with Gasteiger partial charge in [-0.1, -0.05) is 18.5 Å². The van der Waals surface area contributed by atoms with E-state index in [1.165, 1.54) is 6.26 Å². The van der Waals surface area contributed by atoms with Crippen LogP contribution in [-0.4, -0.2) is 65.9 Å². The molecule has 0 aromatic carbocycles. The second-order valence-corrected chi connectivity index (χ2v) is 12.6. The number of imidazole rings is 1. The summed E-state index contributed by atoms with van der Waals surface area (Å²) in [6.45, 7) is -1.79. The van der Waals surface area contributed by atoms with Crippen LogP contribution in [0, 0.1) is 11.8 Å². The Hall–Kier alpha value is -2.69. The molecule has 2 heterocycles. The van der Waals surface area contributed by atoms with Gasteiger partial charge in [0.25, 0.3) is 5.91 Å². The van der Waals surface area contributed by atoms with Crippen LogP contribution >= 0.6 is 11.6 Å². The van der Waals surface area contributed by atoms with Crippen molar-refractivity contribution in [2.75, 3.05) is 12.8 Å². The number of hydrogen-bond donors (Lipinski definition) is 1. The van der Waals surface area contributed by atoms with Gasteiger partial charge in [-0.25, -0.2) is 18.4 Å². The zero-order valence-electron chi connectivity index (χ0n) is 22.2. The molecule has 1 saturated carbocycles. The van der Waals surface area contributed by atoms with Gasteiger partial charge in [-0.3, -0.25) is 9.36 Å². The molecule has 0 atom stereocenters. The first-order valence-electron chi connectivity index (χ1n) is 12.6. The lowest BCUT2D eigenvalue weighted by Gasteiger charge is -2.27. The van der Waals surface area contributed by atoms with Gasteiger partial charge in [-0.05, 0) is 49.7 Å². The molecule has 0 radical (unpaired) electrons. The van der Waals surface area contributed by atoms with Gasteiger partial charge in [0.2, 0.25) is 0 Å². The molecule has 2 aromatic rings. The minimum absolute atomic E-state index is 0.0154. The van der Waals surface area contributed by atoms with Gasteiger partial charge >= 0.3 is 19.0 Å². The summed E-state index contributed by atoms with van der Waals surface area (Å²) in [5.41, 5.74) is -1.02. The van der Waals surface area contributed by atoms with Crippen LogP contribution in [0.2, 0.25) is 5.15 Å². The molecule has 1 N–H and O–H groups in total. The number of sulfone groups is 1. The molecule has 8 nitrogen and oxygen atoms in total. The average Bonchev–Trinajstić information content (AvgIpc) is 3.20. The Kier molecular flexibility index (Phi) is 10.4. The van der Waals surface area contributed by atoms with Crippen LogP contribution < -0.4 is 10.1 Å². The maximum atomic E-state index is 13.2. The number of alkyl halides is 8. The molecule has 3 rings (SSSR count). The van der Waals surface area contributed by atoms with Gasteiger partial charge in [-0.2, -0.15) is 35.1 Å². The van der Waals surface area contributed by atoms with E-state index < -0.39 is 74.6 Å². The van der Waals surface area contributed by atoms with Crippen molar-refractivity contribution >= 4 is 27.3 Å². The van der Waals surface area contributed by atoms with Crippen LogP contribution in [0.3, 0.4) is 0 Å². The summed E-state index contributed by atoms with van der Waals surface area (Å²) in [7, 11) is -3.17. The summed E-state index contributed by atoms with van der Waals surface area (Å²) in [5.74, 6) is -5.93. The molecule has 0 unspecified atom stereocenters. The summed E-state index contributed by atoms with van der Waals surface area (Å²) in [6.07, 6.45) is -9.12. The van der Waals surface area contributed by atoms with Crippen molar-refractivity contribution in [1.82, 2.24) is 19.9 Å². The van der Waals surface area contributed by atoms with Gasteiger partial charge in [0.1, 0.15) is 20.8 Å². The van der Waals surface area contributed by atoms with E-state index in [2.05, 4.69) is 20.0 Å². The molecule has 236 valence electrons. The number of nitrogens with one attached hydrogen (secondary N) is 1. The summed E-state index contributed by atoms with van der Waals surface area (Å²) >= 11 is 6.37. The normalized spacial score (nSPS) is 18.5. The van der Waals surface area contributed by atoms with Gasteiger partial charge in [0.05, 0.1) is 5.25 Å². The number of carbonyl (C=O) groups excluding carboxylic acids is 1. The molecule has 1 aliphatic rings. The third-order valence-corrected chi connectivity index (χ3v) is 8.95. The van der Waals surface area contributed by atoms with Gasteiger partial charge in [-0.15, -0.1) is 0 Å². The first kappa shape index (κ1) is 33.8. The van der Waals surface area contributed by atoms with Crippen LogP contribution in [0.25, 0.3) is 5.82 Å². The lowest BCUT2D eigenvalue weighted by molar-refractivity contribution is -0.283. The van der Waals surface area contributed by atoms with E-state index in [1.54, 1.807) is 6.92 Å². The zero-order valence-corrected chi connectivity index (χ0v) is 23.8. The van der Waals surface area contributed by atoms with Crippen molar-refractivity contribution in [2.24, 2.45) is 11.8 Å². The fourth-order valence-corrected chi connectivity index (χ4v) is 6.15. The quantitative estimate of drug-likeness (QED) is 0.330. The van der Waals surface area contributed by atoms with Crippen molar-refractivity contribution in [3.63, 3.8) is 0 Å². The number of amides is 1. The largest absolute Gasteiger partial charge is 0.431 e. The molecule has 0 aliphatic heterocycles. The standard InChI is InChI=1S/C24H27ClF8N4O4S/c1-3-17-36-18(21(38)35-10-12-4-6-14(7-5-12)42(2,39)40)19(25)37(17)20-15(41-22(26)27)8-13(11-34-20)9-16(23(28,29)30)24(31,32)33/h8,11-12,14,16,22H,3-7,9-10H2,1-2H3,(H,35,38)/t12-,14-. The summed E-state index contributed by atoms with van der Waals surface area (Å²) < 4.78 is 134. The Morgan fingerprint density at radius 1 is 1.14 bits per heavy atom. The SMILES string of the molecule is CCc1nc(C(=O)NC[C@H]2CC[C@H](S(C)(=O)=O)CC2)c(Cl)n1-c1ncc(CC(C(F)(F)F)C(F)(F)F)cc1OC(F)F. The molecule has 1 aliphatic carbocycles. The molecule has 0 spiro atoms. The number of hydrogen-bond acceptors (Lipinski definition) is 6. The molecule has 1 fully saturated rings. The van der Waals surface area contributed by atoms with Crippen LogP contribution in [-0.2, 0) is 22.7 Å². The number of carbonyl (C=O) groups is 1. The van der Waals surface area contributed by atoms with Gasteiger partial charge in [0.15, 0.2) is 23.2 Å². The minimum Gasteiger partial charge on any atom is -0.431 e. The molecule has 0 bridgehead atoms. The van der Waals surface area contributed by atoms with E-state index in [0.717, 1.165) is 4.57 Å². The molecule has 42 heavy (non-hydrogen) atoms. The van der Waals surface area contributed by atoms with Crippen LogP contribution in [0.1, 0.15) is 54.5 Å². The fraction of sp³-hybridized carbons (Fsp3) is 0.625. The van der Waals surface area contributed by atoms with E-state index in [4.69, 9.17) is 11.6 Å². The maximum Gasteiger partial charge on any atom is 0.400 e. The van der Waals surface area contributed by atoms with E-state index in [-0.39, 0.29) is 30.4 Å². The van der Waals surface area contributed by atoms with Crippen molar-refractivity contribution in [3.05, 3.63) is 34.5 Å². The number of nitrogens with zero attached hydrogens (tertiary/aromatic N) is 3. The summed E-state index contributed by atoms with van der Waals surface area (Å²) in [6, 6.07) is 0.571. The summed E-state index contributed by atoms with van der Waals surface area (Å²) in [4.78, 5) is 20.8. The predicted octanol–water partition coefficient (Wildman–Crippen LogP) is 5.70. The van der Waals surface area contributed by atoms with Gasteiger partial charge in [0, 0.05) is 25.4 Å². The minimum atomic E-state index is -5.67. The monoisotopic (exact) mass is 654 g/mol. The Labute approximate surface area is 240 Å². The van der Waals surface area contributed by atoms with E-state index in [1.807, 2.05) is 0 Å². The highest BCUT2D eigenvalue weighted by atomic mass is 35.5. The topological polar surface area (TPSA) is 103 Å². The average molecular weight is 655 g/mol. The number of aryl methyl sites for hydroxylation is 1. The number of pyridine rings is 1. The van der Waals surface area contributed by atoms with Crippen molar-refractivity contribution in [2.45, 2.75) is 69.7 Å². The lowest BCUT2D eigenvalue weighted by Crippen LogP contribution is -2.38. The Morgan fingerprint density at radius 3 is 2.24 bits per heavy atom. The second-order valence-electron chi connectivity index (χ2n) is 9.92. The first-order valence-corrected chi connectivity index (χ1v) is 15.0. The smallest absolute Gasteiger partial charge is 0.400 e. The number of ether oxygens (including phenoxy) is 1. The third-order valence-electron chi connectivity index (χ3n) is 6.92. The highest BCUT2D eigenvalue weighted by Crippen LogP contribution is 2.42. The van der Waals surface area contributed by atoms with Crippen molar-refractivity contribution in [1.29, 1.82) is 0 Å². The lowest BCUT2D eigenvalue weighted by atomic mass is 9.89. The van der Waals surface area contributed by atoms with Crippen LogP contribution in [0.5, 0.6) is 5.75 Å². The summed E-state index contributed by atoms with van der Waals surface area (Å²) in [5, 5.41) is 1.80. The Bertz CT molecular complexity index is 1360. The highest BCUT2D eigenvalue weighted by Gasteiger charge is 2.56. The van der Waals surface area contributed by atoms with E-state index in [9.17, 15) is 48.3 Å². The fourth-order valence-electron chi connectivity index (χ4n) is 4.72. The molecular formula is C24H27ClF8N4O4S. The molecule has 18 heteroatoms. The molecule has 2 aromatic heterocycles. The Balaban J connectivity index is 1.88. The van der Waals surface area contributed by atoms with E-state index in [0.29, 0.717) is 37.9 Å². The third kappa shape index (κ3) is 8.23. The van der Waals surface area contributed by atoms with Crippen molar-refractivity contribution < 1.29 is 53.1 Å². The predicted molar refractivity (Wildman–Crippen MR) is 135 cm³/mol. The highest BCUT2D eigenvalue weighted by molar-refractivity contribution is 7.91. The van der Waals surface area contributed by atoms with Gasteiger partial charge < -0.3 is 10.1 Å². The molecule has 1 amide bonds. The van der Waals surface area contributed by atoms with Crippen LogP contribution in [0.4, 0.5) is 35.1 Å². The van der Waals surface area contributed by atoms with Crippen molar-refractivity contribution in [3.8, 4) is 11.6 Å². The second kappa shape index (κ2) is 12.9. The Morgan fingerprint density at radius 2 is 1.74 bits per heavy atom. The van der Waals surface area contributed by atoms with Crippen LogP contribution in [0.15, 0.2) is 12.3 Å². The van der Waals surface area contributed by atoms with E-state index >= 15 is 0 Å². The molecule has 0 saturated heterocycles. The number of rotatable bonds is 10. The first-order chi connectivity index (χ1) is 19.3. The molecular weight excluding hydrogens is 628 g/mol. The number of aromatic nitrogens is 3. The maximum absolute atomic E-state index is 13.2. The zero-order chi connectivity index (χ0) is 31.6.